The summed E-state index contributed by atoms with van der Waals surface area (Å²) in [6, 6.07) is 23.7. The predicted molar refractivity (Wildman–Crippen MR) is 125 cm³/mol. The molecule has 1 amide bonds. The van der Waals surface area contributed by atoms with E-state index in [0.717, 1.165) is 25.9 Å². The van der Waals surface area contributed by atoms with Crippen LogP contribution in [-0.2, 0) is 6.54 Å². The van der Waals surface area contributed by atoms with Gasteiger partial charge in [-0.1, -0.05) is 47.7 Å². The van der Waals surface area contributed by atoms with Crippen LogP contribution >= 0.6 is 23.1 Å². The number of carbonyl (C=O) groups excluding carboxylic acids is 1. The van der Waals surface area contributed by atoms with Crippen molar-refractivity contribution in [2.75, 3.05) is 11.2 Å². The number of hydrogen-bond donors (Lipinski definition) is 0. The van der Waals surface area contributed by atoms with E-state index < -0.39 is 0 Å². The highest BCUT2D eigenvalue weighted by Gasteiger charge is 2.23. The van der Waals surface area contributed by atoms with Gasteiger partial charge in [0.15, 0.2) is 5.13 Å². The first-order valence-electron chi connectivity index (χ1n) is 9.49. The number of furan rings is 1. The van der Waals surface area contributed by atoms with Crippen molar-refractivity contribution < 1.29 is 9.21 Å². The van der Waals surface area contributed by atoms with Crippen molar-refractivity contribution in [1.82, 2.24) is 4.98 Å². The van der Waals surface area contributed by atoms with Gasteiger partial charge in [-0.15, -0.1) is 11.8 Å². The molecule has 0 saturated heterocycles. The van der Waals surface area contributed by atoms with Gasteiger partial charge in [0.2, 0.25) is 0 Å². The summed E-state index contributed by atoms with van der Waals surface area (Å²) in [4.78, 5) is 21.2. The van der Waals surface area contributed by atoms with Crippen LogP contribution in [-0.4, -0.2) is 17.1 Å². The lowest BCUT2D eigenvalue weighted by molar-refractivity contribution is 0.0983. The normalized spacial score (nSPS) is 11.2. The van der Waals surface area contributed by atoms with Crippen LogP contribution in [0.1, 0.15) is 16.1 Å². The molecule has 0 fully saturated rings. The van der Waals surface area contributed by atoms with Crippen LogP contribution in [0.3, 0.4) is 0 Å². The predicted octanol–water partition coefficient (Wildman–Crippen LogP) is 6.61. The molecule has 0 radical (unpaired) electrons. The summed E-state index contributed by atoms with van der Waals surface area (Å²) in [5, 5.41) is 2.81. The van der Waals surface area contributed by atoms with Gasteiger partial charge in [-0.05, 0) is 53.4 Å². The van der Waals surface area contributed by atoms with Crippen molar-refractivity contribution in [3.63, 3.8) is 0 Å². The van der Waals surface area contributed by atoms with Crippen molar-refractivity contribution in [3.05, 3.63) is 90.4 Å². The van der Waals surface area contributed by atoms with Gasteiger partial charge in [-0.25, -0.2) is 4.98 Å². The molecule has 5 aromatic rings. The Morgan fingerprint density at radius 1 is 1.03 bits per heavy atom. The zero-order chi connectivity index (χ0) is 20.5. The third-order valence-corrected chi connectivity index (χ3v) is 6.77. The second kappa shape index (κ2) is 7.97. The lowest BCUT2D eigenvalue weighted by Crippen LogP contribution is -2.30. The van der Waals surface area contributed by atoms with E-state index >= 15 is 0 Å². The third-order valence-electron chi connectivity index (χ3n) is 4.96. The van der Waals surface area contributed by atoms with Crippen molar-refractivity contribution in [1.29, 1.82) is 0 Å². The quantitative estimate of drug-likeness (QED) is 0.294. The minimum absolute atomic E-state index is 0.0955. The summed E-state index contributed by atoms with van der Waals surface area (Å²) in [5.41, 5.74) is 1.56. The first-order chi connectivity index (χ1) is 14.7. The maximum Gasteiger partial charge on any atom is 0.260 e. The molecule has 0 N–H and O–H groups in total. The maximum absolute atomic E-state index is 13.6. The van der Waals surface area contributed by atoms with E-state index in [4.69, 9.17) is 9.40 Å². The SMILES string of the molecule is CSc1cccc2sc(N(Cc3ccco3)C(=O)c3ccc4ccccc4c3)nc12. The summed E-state index contributed by atoms with van der Waals surface area (Å²) in [7, 11) is 0. The van der Waals surface area contributed by atoms with Gasteiger partial charge in [0.25, 0.3) is 5.91 Å². The Kier molecular flexibility index (Phi) is 5.02. The fourth-order valence-electron chi connectivity index (χ4n) is 3.45. The number of aromatic nitrogens is 1. The van der Waals surface area contributed by atoms with Crippen LogP contribution in [0.15, 0.2) is 88.4 Å². The molecule has 4 nitrogen and oxygen atoms in total. The fraction of sp³-hybridized carbons (Fsp3) is 0.0833. The Labute approximate surface area is 182 Å². The monoisotopic (exact) mass is 430 g/mol. The van der Waals surface area contributed by atoms with Gasteiger partial charge < -0.3 is 4.42 Å². The molecule has 0 bridgehead atoms. The number of anilines is 1. The summed E-state index contributed by atoms with van der Waals surface area (Å²) in [6.07, 6.45) is 3.66. The molecule has 0 unspecified atom stereocenters. The molecule has 0 aliphatic carbocycles. The number of carbonyl (C=O) groups is 1. The number of benzene rings is 3. The molecule has 0 aliphatic heterocycles. The molecule has 0 saturated carbocycles. The molecule has 30 heavy (non-hydrogen) atoms. The second-order valence-electron chi connectivity index (χ2n) is 6.84. The van der Waals surface area contributed by atoms with E-state index in [1.54, 1.807) is 22.9 Å². The maximum atomic E-state index is 13.6. The van der Waals surface area contributed by atoms with Gasteiger partial charge >= 0.3 is 0 Å². The fourth-order valence-corrected chi connectivity index (χ4v) is 5.07. The smallest absolute Gasteiger partial charge is 0.260 e. The van der Waals surface area contributed by atoms with E-state index in [2.05, 4.69) is 6.07 Å². The van der Waals surface area contributed by atoms with Gasteiger partial charge in [0.05, 0.1) is 23.0 Å². The van der Waals surface area contributed by atoms with Gasteiger partial charge in [0, 0.05) is 10.5 Å². The Balaban J connectivity index is 1.60. The van der Waals surface area contributed by atoms with E-state index in [1.807, 2.05) is 73.0 Å². The number of rotatable bonds is 5. The topological polar surface area (TPSA) is 46.3 Å². The zero-order valence-corrected chi connectivity index (χ0v) is 17.9. The van der Waals surface area contributed by atoms with Crippen LogP contribution in [0.5, 0.6) is 0 Å². The van der Waals surface area contributed by atoms with E-state index in [-0.39, 0.29) is 5.91 Å². The summed E-state index contributed by atoms with van der Waals surface area (Å²) in [6.45, 7) is 0.326. The first-order valence-corrected chi connectivity index (χ1v) is 11.5. The van der Waals surface area contributed by atoms with Crippen LogP contribution in [0.2, 0.25) is 0 Å². The minimum atomic E-state index is -0.0955. The van der Waals surface area contributed by atoms with E-state index in [0.29, 0.717) is 23.0 Å². The van der Waals surface area contributed by atoms with E-state index in [1.165, 1.54) is 11.3 Å². The van der Waals surface area contributed by atoms with Crippen molar-refractivity contribution in [3.8, 4) is 0 Å². The summed E-state index contributed by atoms with van der Waals surface area (Å²) in [5.74, 6) is 0.621. The molecular formula is C24H18N2O2S2. The van der Waals surface area contributed by atoms with Crippen LogP contribution in [0.25, 0.3) is 21.0 Å². The van der Waals surface area contributed by atoms with Crippen molar-refractivity contribution >= 4 is 55.1 Å². The number of hydrogen-bond acceptors (Lipinski definition) is 5. The zero-order valence-electron chi connectivity index (χ0n) is 16.2. The van der Waals surface area contributed by atoms with Crippen LogP contribution in [0, 0.1) is 0 Å². The Bertz CT molecular complexity index is 1340. The van der Waals surface area contributed by atoms with Crippen molar-refractivity contribution in [2.45, 2.75) is 11.4 Å². The molecule has 0 spiro atoms. The number of nitrogens with zero attached hydrogens (tertiary/aromatic N) is 2. The van der Waals surface area contributed by atoms with Crippen LogP contribution < -0.4 is 4.90 Å². The molecule has 2 aromatic heterocycles. The highest BCUT2D eigenvalue weighted by atomic mass is 32.2. The molecule has 2 heterocycles. The number of amides is 1. The van der Waals surface area contributed by atoms with Gasteiger partial charge in [-0.3, -0.25) is 9.69 Å². The molecule has 5 rings (SSSR count). The Morgan fingerprint density at radius 3 is 2.70 bits per heavy atom. The number of thiazole rings is 1. The number of thioether (sulfide) groups is 1. The van der Waals surface area contributed by atoms with Crippen LogP contribution in [0.4, 0.5) is 5.13 Å². The summed E-state index contributed by atoms with van der Waals surface area (Å²) < 4.78 is 6.60. The molecule has 0 atom stereocenters. The molecule has 148 valence electrons. The molecule has 3 aromatic carbocycles. The lowest BCUT2D eigenvalue weighted by Gasteiger charge is -2.19. The highest BCUT2D eigenvalue weighted by Crippen LogP contribution is 2.35. The largest absolute Gasteiger partial charge is 0.467 e. The molecule has 0 aliphatic rings. The Hall–Kier alpha value is -3.09. The number of para-hydroxylation sites is 1. The van der Waals surface area contributed by atoms with Gasteiger partial charge in [-0.2, -0.15) is 0 Å². The lowest BCUT2D eigenvalue weighted by atomic mass is 10.1. The Morgan fingerprint density at radius 2 is 1.90 bits per heavy atom. The van der Waals surface area contributed by atoms with E-state index in [9.17, 15) is 4.79 Å². The second-order valence-corrected chi connectivity index (χ2v) is 8.69. The molecular weight excluding hydrogens is 412 g/mol. The van der Waals surface area contributed by atoms with Gasteiger partial charge in [0.1, 0.15) is 5.76 Å². The average molecular weight is 431 g/mol. The average Bonchev–Trinajstić information content (AvgIpc) is 3.46. The first kappa shape index (κ1) is 18.9. The van der Waals surface area contributed by atoms with Crippen molar-refractivity contribution in [2.24, 2.45) is 0 Å². The minimum Gasteiger partial charge on any atom is -0.467 e. The molecule has 6 heteroatoms. The standard InChI is InChI=1S/C24H18N2O2S2/c1-29-20-9-4-10-21-22(20)25-24(30-21)26(15-19-8-5-13-28-19)23(27)18-12-11-16-6-2-3-7-17(16)14-18/h2-14H,15H2,1H3. The number of fused-ring (bicyclic) bond motifs is 2. The summed E-state index contributed by atoms with van der Waals surface area (Å²) >= 11 is 3.18. The third kappa shape index (κ3) is 3.49. The highest BCUT2D eigenvalue weighted by molar-refractivity contribution is 7.98.